The first-order chi connectivity index (χ1) is 7.56. The van der Waals surface area contributed by atoms with Crippen molar-refractivity contribution >= 4 is 23.4 Å². The number of hydrogen-bond donors (Lipinski definition) is 1. The van der Waals surface area contributed by atoms with Crippen LogP contribution in [-0.2, 0) is 0 Å². The maximum atomic E-state index is 12.0. The molecule has 1 rings (SSSR count). The van der Waals surface area contributed by atoms with Crippen molar-refractivity contribution in [1.82, 2.24) is 4.90 Å². The fourth-order valence-electron chi connectivity index (χ4n) is 1.38. The van der Waals surface area contributed by atoms with E-state index in [0.717, 1.165) is 5.75 Å². The van der Waals surface area contributed by atoms with Gasteiger partial charge in [-0.05, 0) is 37.4 Å². The molecular formula is C12H18N2OS. The Bertz CT molecular complexity index is 351. The van der Waals surface area contributed by atoms with Crippen LogP contribution in [0, 0.1) is 0 Å². The number of rotatable bonds is 4. The van der Waals surface area contributed by atoms with Crippen molar-refractivity contribution in [2.45, 2.75) is 13.0 Å². The van der Waals surface area contributed by atoms with Gasteiger partial charge in [-0.25, -0.2) is 0 Å². The standard InChI is InChI=1S/C12H18N2OS/c1-9(8-16-3)14(2)12(15)10-4-6-11(13)7-5-10/h4-7,9H,8,13H2,1-3H3. The molecule has 1 amide bonds. The number of carbonyl (C=O) groups excluding carboxylic acids is 1. The molecule has 0 aliphatic heterocycles. The van der Waals surface area contributed by atoms with Crippen molar-refractivity contribution in [2.24, 2.45) is 0 Å². The normalized spacial score (nSPS) is 12.2. The van der Waals surface area contributed by atoms with Gasteiger partial charge < -0.3 is 10.6 Å². The lowest BCUT2D eigenvalue weighted by Crippen LogP contribution is -2.36. The van der Waals surface area contributed by atoms with Gasteiger partial charge in [0.15, 0.2) is 0 Å². The predicted octanol–water partition coefficient (Wildman–Crippen LogP) is 2.09. The Hall–Kier alpha value is -1.16. The number of anilines is 1. The highest BCUT2D eigenvalue weighted by Crippen LogP contribution is 2.11. The molecule has 0 fully saturated rings. The van der Waals surface area contributed by atoms with E-state index in [1.165, 1.54) is 0 Å². The highest BCUT2D eigenvalue weighted by molar-refractivity contribution is 7.98. The fourth-order valence-corrected chi connectivity index (χ4v) is 2.09. The maximum Gasteiger partial charge on any atom is 0.253 e. The Morgan fingerprint density at radius 3 is 2.50 bits per heavy atom. The van der Waals surface area contributed by atoms with Crippen LogP contribution in [0.4, 0.5) is 5.69 Å². The molecular weight excluding hydrogens is 220 g/mol. The molecule has 1 atom stereocenters. The Labute approximate surface area is 101 Å². The van der Waals surface area contributed by atoms with E-state index >= 15 is 0 Å². The van der Waals surface area contributed by atoms with Crippen LogP contribution in [-0.4, -0.2) is 35.9 Å². The smallest absolute Gasteiger partial charge is 0.253 e. The zero-order valence-electron chi connectivity index (χ0n) is 9.93. The quantitative estimate of drug-likeness (QED) is 0.817. The summed E-state index contributed by atoms with van der Waals surface area (Å²) in [7, 11) is 1.83. The van der Waals surface area contributed by atoms with Gasteiger partial charge in [-0.2, -0.15) is 11.8 Å². The van der Waals surface area contributed by atoms with Crippen LogP contribution in [0.15, 0.2) is 24.3 Å². The molecule has 0 radical (unpaired) electrons. The van der Waals surface area contributed by atoms with Crippen molar-refractivity contribution < 1.29 is 4.79 Å². The molecule has 1 aromatic rings. The van der Waals surface area contributed by atoms with Gasteiger partial charge in [0.2, 0.25) is 0 Å². The first kappa shape index (κ1) is 12.9. The number of nitrogens with zero attached hydrogens (tertiary/aromatic N) is 1. The third-order valence-electron chi connectivity index (χ3n) is 2.55. The summed E-state index contributed by atoms with van der Waals surface area (Å²) in [6, 6.07) is 7.26. The van der Waals surface area contributed by atoms with Gasteiger partial charge in [0.25, 0.3) is 5.91 Å². The van der Waals surface area contributed by atoms with Crippen LogP contribution in [0.3, 0.4) is 0 Å². The van der Waals surface area contributed by atoms with E-state index in [1.807, 2.05) is 20.2 Å². The van der Waals surface area contributed by atoms with E-state index < -0.39 is 0 Å². The van der Waals surface area contributed by atoms with Crippen LogP contribution >= 0.6 is 11.8 Å². The molecule has 4 heteroatoms. The molecule has 16 heavy (non-hydrogen) atoms. The van der Waals surface area contributed by atoms with E-state index in [0.29, 0.717) is 11.3 Å². The van der Waals surface area contributed by atoms with Crippen LogP contribution in [0.25, 0.3) is 0 Å². The van der Waals surface area contributed by atoms with E-state index in [-0.39, 0.29) is 11.9 Å². The van der Waals surface area contributed by atoms with Gasteiger partial charge in [-0.15, -0.1) is 0 Å². The van der Waals surface area contributed by atoms with Crippen LogP contribution in [0.5, 0.6) is 0 Å². The summed E-state index contributed by atoms with van der Waals surface area (Å²) in [6.45, 7) is 2.05. The third kappa shape index (κ3) is 3.17. The highest BCUT2D eigenvalue weighted by Gasteiger charge is 2.16. The molecule has 0 aromatic heterocycles. The molecule has 0 aliphatic rings. The molecule has 0 aliphatic carbocycles. The molecule has 3 nitrogen and oxygen atoms in total. The Balaban J connectivity index is 2.73. The third-order valence-corrected chi connectivity index (χ3v) is 3.36. The first-order valence-electron chi connectivity index (χ1n) is 5.18. The van der Waals surface area contributed by atoms with Gasteiger partial charge >= 0.3 is 0 Å². The number of amides is 1. The summed E-state index contributed by atoms with van der Waals surface area (Å²) < 4.78 is 0. The largest absolute Gasteiger partial charge is 0.399 e. The first-order valence-corrected chi connectivity index (χ1v) is 6.57. The molecule has 88 valence electrons. The lowest BCUT2D eigenvalue weighted by Gasteiger charge is -2.24. The van der Waals surface area contributed by atoms with Crippen LogP contribution < -0.4 is 5.73 Å². The van der Waals surface area contributed by atoms with E-state index in [9.17, 15) is 4.79 Å². The average molecular weight is 238 g/mol. The van der Waals surface area contributed by atoms with Crippen LogP contribution in [0.1, 0.15) is 17.3 Å². The maximum absolute atomic E-state index is 12.0. The number of nitrogen functional groups attached to an aromatic ring is 1. The summed E-state index contributed by atoms with van der Waals surface area (Å²) in [5.74, 6) is 0.985. The van der Waals surface area contributed by atoms with E-state index in [1.54, 1.807) is 40.9 Å². The molecule has 1 unspecified atom stereocenters. The second-order valence-corrected chi connectivity index (χ2v) is 4.75. The Kier molecular flexibility index (Phi) is 4.68. The minimum Gasteiger partial charge on any atom is -0.399 e. The molecule has 0 spiro atoms. The van der Waals surface area contributed by atoms with E-state index in [4.69, 9.17) is 5.73 Å². The number of carbonyl (C=O) groups is 1. The second kappa shape index (κ2) is 5.80. The van der Waals surface area contributed by atoms with Crippen molar-refractivity contribution in [2.75, 3.05) is 24.8 Å². The Morgan fingerprint density at radius 2 is 2.00 bits per heavy atom. The van der Waals surface area contributed by atoms with Gasteiger partial charge in [0, 0.05) is 30.1 Å². The number of nitrogens with two attached hydrogens (primary N) is 1. The van der Waals surface area contributed by atoms with Crippen molar-refractivity contribution in [3.05, 3.63) is 29.8 Å². The molecule has 0 heterocycles. The van der Waals surface area contributed by atoms with Gasteiger partial charge in [0.1, 0.15) is 0 Å². The topological polar surface area (TPSA) is 46.3 Å². The molecule has 1 aromatic carbocycles. The minimum atomic E-state index is 0.0431. The Morgan fingerprint density at radius 1 is 1.44 bits per heavy atom. The van der Waals surface area contributed by atoms with Crippen molar-refractivity contribution in [3.8, 4) is 0 Å². The summed E-state index contributed by atoms with van der Waals surface area (Å²) in [5, 5.41) is 0. The number of benzene rings is 1. The zero-order valence-corrected chi connectivity index (χ0v) is 10.8. The monoisotopic (exact) mass is 238 g/mol. The number of thioether (sulfide) groups is 1. The van der Waals surface area contributed by atoms with Crippen molar-refractivity contribution in [3.63, 3.8) is 0 Å². The summed E-state index contributed by atoms with van der Waals surface area (Å²) in [6.07, 6.45) is 2.04. The molecule has 0 saturated carbocycles. The average Bonchev–Trinajstić information content (AvgIpc) is 2.28. The number of hydrogen-bond acceptors (Lipinski definition) is 3. The predicted molar refractivity (Wildman–Crippen MR) is 70.8 cm³/mol. The SMILES string of the molecule is CSCC(C)N(C)C(=O)c1ccc(N)cc1. The van der Waals surface area contributed by atoms with Crippen molar-refractivity contribution in [1.29, 1.82) is 0 Å². The van der Waals surface area contributed by atoms with Gasteiger partial charge in [-0.3, -0.25) is 4.79 Å². The molecule has 0 bridgehead atoms. The summed E-state index contributed by atoms with van der Waals surface area (Å²) in [4.78, 5) is 13.8. The minimum absolute atomic E-state index is 0.0431. The highest BCUT2D eigenvalue weighted by atomic mass is 32.2. The van der Waals surface area contributed by atoms with Gasteiger partial charge in [-0.1, -0.05) is 0 Å². The van der Waals surface area contributed by atoms with E-state index in [2.05, 4.69) is 0 Å². The molecule has 2 N–H and O–H groups in total. The summed E-state index contributed by atoms with van der Waals surface area (Å²) in [5.41, 5.74) is 6.94. The summed E-state index contributed by atoms with van der Waals surface area (Å²) >= 11 is 1.74. The molecule has 0 saturated heterocycles. The second-order valence-electron chi connectivity index (χ2n) is 3.84. The lowest BCUT2D eigenvalue weighted by atomic mass is 10.1. The van der Waals surface area contributed by atoms with Crippen LogP contribution in [0.2, 0.25) is 0 Å². The van der Waals surface area contributed by atoms with Gasteiger partial charge in [0.05, 0.1) is 0 Å². The zero-order chi connectivity index (χ0) is 12.1. The lowest BCUT2D eigenvalue weighted by molar-refractivity contribution is 0.0757. The fraction of sp³-hybridized carbons (Fsp3) is 0.417.